The lowest BCUT2D eigenvalue weighted by atomic mass is 10.1. The number of aliphatic hydroxyl groups excluding tert-OH is 2. The first-order valence-corrected chi connectivity index (χ1v) is 10.3. The number of primary amides is 1. The quantitative estimate of drug-likeness (QED) is 0.525. The molecular weight excluding hydrogens is 408 g/mol. The Kier molecular flexibility index (Phi) is 7.93. The van der Waals surface area contributed by atoms with Crippen molar-refractivity contribution in [2.45, 2.75) is 31.1 Å². The number of benzene rings is 2. The standard InChI is InChI=1S/C22H27ClN2O5/c23-16-5-7-19(8-6-16)30-20-10-17(13-26)25(12-20)11-18(27)14-29-21-4-2-1-3-15(21)9-22(24)28/h1-8,17-18,20,26-27H,9-14H2,(H2,24,28)/t17-,18+,20-/m0/s1. The fourth-order valence-electron chi connectivity index (χ4n) is 3.63. The van der Waals surface area contributed by atoms with Crippen LogP contribution < -0.4 is 15.2 Å². The third-order valence-electron chi connectivity index (χ3n) is 5.03. The molecule has 1 aliphatic heterocycles. The number of para-hydroxylation sites is 1. The van der Waals surface area contributed by atoms with E-state index in [0.29, 0.717) is 35.8 Å². The van der Waals surface area contributed by atoms with Crippen LogP contribution in [0.1, 0.15) is 12.0 Å². The van der Waals surface area contributed by atoms with E-state index in [9.17, 15) is 15.0 Å². The first kappa shape index (κ1) is 22.4. The van der Waals surface area contributed by atoms with E-state index in [1.165, 1.54) is 0 Å². The van der Waals surface area contributed by atoms with Gasteiger partial charge in [0.15, 0.2) is 0 Å². The molecule has 1 aliphatic rings. The monoisotopic (exact) mass is 434 g/mol. The van der Waals surface area contributed by atoms with Gasteiger partial charge < -0.3 is 25.4 Å². The molecule has 2 aromatic rings. The molecule has 0 spiro atoms. The summed E-state index contributed by atoms with van der Waals surface area (Å²) in [7, 11) is 0. The number of hydrogen-bond acceptors (Lipinski definition) is 6. The van der Waals surface area contributed by atoms with Crippen LogP contribution in [0.3, 0.4) is 0 Å². The fourth-order valence-corrected chi connectivity index (χ4v) is 3.76. The van der Waals surface area contributed by atoms with Gasteiger partial charge in [0.2, 0.25) is 5.91 Å². The minimum atomic E-state index is -0.769. The van der Waals surface area contributed by atoms with Gasteiger partial charge in [0, 0.05) is 36.1 Å². The predicted octanol–water partition coefficient (Wildman–Crippen LogP) is 1.62. The van der Waals surface area contributed by atoms with Gasteiger partial charge in [-0.2, -0.15) is 0 Å². The molecule has 162 valence electrons. The zero-order chi connectivity index (χ0) is 21.5. The van der Waals surface area contributed by atoms with Crippen molar-refractivity contribution >= 4 is 17.5 Å². The molecule has 7 nitrogen and oxygen atoms in total. The molecule has 2 aromatic carbocycles. The Bertz CT molecular complexity index is 833. The van der Waals surface area contributed by atoms with Gasteiger partial charge >= 0.3 is 0 Å². The maximum absolute atomic E-state index is 11.2. The SMILES string of the molecule is NC(=O)Cc1ccccc1OC[C@H](O)CN1C[C@@H](Oc2ccc(Cl)cc2)C[C@H]1CO. The molecule has 0 radical (unpaired) electrons. The zero-order valence-corrected chi connectivity index (χ0v) is 17.4. The molecule has 1 fully saturated rings. The summed E-state index contributed by atoms with van der Waals surface area (Å²) < 4.78 is 11.7. The van der Waals surface area contributed by atoms with Gasteiger partial charge in [-0.25, -0.2) is 0 Å². The molecule has 0 aromatic heterocycles. The first-order chi connectivity index (χ1) is 14.4. The molecule has 1 heterocycles. The second-order valence-electron chi connectivity index (χ2n) is 7.44. The lowest BCUT2D eigenvalue weighted by Gasteiger charge is -2.25. The van der Waals surface area contributed by atoms with Crippen molar-refractivity contribution in [2.75, 3.05) is 26.3 Å². The summed E-state index contributed by atoms with van der Waals surface area (Å²) >= 11 is 5.90. The van der Waals surface area contributed by atoms with Crippen LogP contribution in [0.2, 0.25) is 5.02 Å². The highest BCUT2D eigenvalue weighted by Crippen LogP contribution is 2.25. The van der Waals surface area contributed by atoms with E-state index >= 15 is 0 Å². The van der Waals surface area contributed by atoms with Crippen LogP contribution in [-0.4, -0.2) is 65.6 Å². The third kappa shape index (κ3) is 6.34. The van der Waals surface area contributed by atoms with Gasteiger partial charge in [-0.1, -0.05) is 29.8 Å². The summed E-state index contributed by atoms with van der Waals surface area (Å²) in [5, 5.41) is 20.8. The Hall–Kier alpha value is -2.32. The largest absolute Gasteiger partial charge is 0.491 e. The molecule has 3 rings (SSSR count). The highest BCUT2D eigenvalue weighted by Gasteiger charge is 2.34. The molecule has 0 unspecified atom stereocenters. The van der Waals surface area contributed by atoms with Crippen molar-refractivity contribution in [3.05, 3.63) is 59.1 Å². The van der Waals surface area contributed by atoms with E-state index in [1.54, 1.807) is 36.4 Å². The van der Waals surface area contributed by atoms with Crippen LogP contribution in [0.5, 0.6) is 11.5 Å². The summed E-state index contributed by atoms with van der Waals surface area (Å²) in [6, 6.07) is 14.2. The lowest BCUT2D eigenvalue weighted by molar-refractivity contribution is -0.117. The zero-order valence-electron chi connectivity index (χ0n) is 16.6. The van der Waals surface area contributed by atoms with Crippen LogP contribution in [0, 0.1) is 0 Å². The lowest BCUT2D eigenvalue weighted by Crippen LogP contribution is -2.40. The third-order valence-corrected chi connectivity index (χ3v) is 5.28. The van der Waals surface area contributed by atoms with Crippen molar-refractivity contribution < 1.29 is 24.5 Å². The molecule has 1 saturated heterocycles. The van der Waals surface area contributed by atoms with Gasteiger partial charge in [0.05, 0.1) is 13.0 Å². The van der Waals surface area contributed by atoms with Gasteiger partial charge in [-0.05, 0) is 30.3 Å². The summed E-state index contributed by atoms with van der Waals surface area (Å²) in [6.07, 6.45) is -0.120. The van der Waals surface area contributed by atoms with Crippen molar-refractivity contribution in [1.29, 1.82) is 0 Å². The predicted molar refractivity (Wildman–Crippen MR) is 114 cm³/mol. The molecular formula is C22H27ClN2O5. The van der Waals surface area contributed by atoms with E-state index in [-0.39, 0.29) is 31.8 Å². The minimum Gasteiger partial charge on any atom is -0.491 e. The second kappa shape index (κ2) is 10.6. The first-order valence-electron chi connectivity index (χ1n) is 9.88. The average molecular weight is 435 g/mol. The maximum atomic E-state index is 11.2. The molecule has 3 atom stereocenters. The van der Waals surface area contributed by atoms with Crippen molar-refractivity contribution in [3.8, 4) is 11.5 Å². The maximum Gasteiger partial charge on any atom is 0.221 e. The highest BCUT2D eigenvalue weighted by atomic mass is 35.5. The summed E-state index contributed by atoms with van der Waals surface area (Å²) in [4.78, 5) is 13.2. The molecule has 8 heteroatoms. The van der Waals surface area contributed by atoms with Crippen LogP contribution in [-0.2, 0) is 11.2 Å². The molecule has 1 amide bonds. The van der Waals surface area contributed by atoms with E-state index in [1.807, 2.05) is 17.0 Å². The van der Waals surface area contributed by atoms with E-state index < -0.39 is 12.0 Å². The van der Waals surface area contributed by atoms with Gasteiger partial charge in [-0.15, -0.1) is 0 Å². The second-order valence-corrected chi connectivity index (χ2v) is 7.87. The Morgan fingerprint density at radius 3 is 2.67 bits per heavy atom. The fraction of sp³-hybridized carbons (Fsp3) is 0.409. The van der Waals surface area contributed by atoms with Gasteiger partial charge in [-0.3, -0.25) is 9.69 Å². The van der Waals surface area contributed by atoms with Crippen LogP contribution >= 0.6 is 11.6 Å². The highest BCUT2D eigenvalue weighted by molar-refractivity contribution is 6.30. The Morgan fingerprint density at radius 2 is 1.97 bits per heavy atom. The van der Waals surface area contributed by atoms with Crippen LogP contribution in [0.4, 0.5) is 0 Å². The Labute approximate surface area is 181 Å². The number of β-amino-alcohol motifs (C(OH)–C–C–N with tert-alkyl or cyclic N) is 1. The van der Waals surface area contributed by atoms with Gasteiger partial charge in [0.1, 0.15) is 30.3 Å². The van der Waals surface area contributed by atoms with Crippen molar-refractivity contribution in [3.63, 3.8) is 0 Å². The van der Waals surface area contributed by atoms with E-state index in [0.717, 1.165) is 5.75 Å². The molecule has 0 bridgehead atoms. The number of halogens is 1. The summed E-state index contributed by atoms with van der Waals surface area (Å²) in [6.45, 7) is 0.968. The number of aliphatic hydroxyl groups is 2. The molecule has 30 heavy (non-hydrogen) atoms. The smallest absolute Gasteiger partial charge is 0.221 e. The summed E-state index contributed by atoms with van der Waals surface area (Å²) in [5.41, 5.74) is 5.96. The van der Waals surface area contributed by atoms with Crippen LogP contribution in [0.15, 0.2) is 48.5 Å². The molecule has 0 saturated carbocycles. The topological polar surface area (TPSA) is 105 Å². The average Bonchev–Trinajstić information content (AvgIpc) is 3.09. The number of hydrogen-bond donors (Lipinski definition) is 3. The van der Waals surface area contributed by atoms with Gasteiger partial charge in [0.25, 0.3) is 0 Å². The van der Waals surface area contributed by atoms with Crippen LogP contribution in [0.25, 0.3) is 0 Å². The number of nitrogens with two attached hydrogens (primary N) is 1. The number of carbonyl (C=O) groups is 1. The number of nitrogens with zero attached hydrogens (tertiary/aromatic N) is 1. The minimum absolute atomic E-state index is 0.0184. The number of amides is 1. The molecule has 0 aliphatic carbocycles. The van der Waals surface area contributed by atoms with E-state index in [4.69, 9.17) is 26.8 Å². The number of rotatable bonds is 10. The number of likely N-dealkylation sites (tertiary alicyclic amines) is 1. The van der Waals surface area contributed by atoms with Crippen molar-refractivity contribution in [1.82, 2.24) is 4.90 Å². The summed E-state index contributed by atoms with van der Waals surface area (Å²) in [5.74, 6) is 0.804. The normalized spacial score (nSPS) is 20.1. The Morgan fingerprint density at radius 1 is 1.23 bits per heavy atom. The number of carbonyl (C=O) groups excluding carboxylic acids is 1. The number of ether oxygens (including phenoxy) is 2. The molecule has 4 N–H and O–H groups in total. The van der Waals surface area contributed by atoms with E-state index in [2.05, 4.69) is 0 Å². The van der Waals surface area contributed by atoms with Crippen molar-refractivity contribution in [2.24, 2.45) is 5.73 Å². The Balaban J connectivity index is 1.52.